The fourth-order valence-electron chi connectivity index (χ4n) is 2.24. The number of hydrogen-bond acceptors (Lipinski definition) is 5. The van der Waals surface area contributed by atoms with Crippen molar-refractivity contribution in [2.45, 2.75) is 13.0 Å². The summed E-state index contributed by atoms with van der Waals surface area (Å²) in [6.45, 7) is 4.09. The first-order chi connectivity index (χ1) is 9.20. The van der Waals surface area contributed by atoms with Crippen molar-refractivity contribution in [2.75, 3.05) is 45.3 Å². The third kappa shape index (κ3) is 3.78. The highest BCUT2D eigenvalue weighted by atomic mass is 16.5. The highest BCUT2D eigenvalue weighted by Crippen LogP contribution is 2.10. The minimum atomic E-state index is -0.0336. The largest absolute Gasteiger partial charge is 0.383 e. The molecular weight excluding hydrogens is 244 g/mol. The summed E-state index contributed by atoms with van der Waals surface area (Å²) in [7, 11) is 3.60. The SMILES string of the molecule is COCCN(C)c1cnn(CC2CCNC2)c(=O)c1. The Morgan fingerprint density at radius 3 is 3.11 bits per heavy atom. The molecule has 1 N–H and O–H groups in total. The molecule has 0 radical (unpaired) electrons. The third-order valence-corrected chi connectivity index (χ3v) is 3.52. The van der Waals surface area contributed by atoms with E-state index < -0.39 is 0 Å². The van der Waals surface area contributed by atoms with E-state index >= 15 is 0 Å². The van der Waals surface area contributed by atoms with Gasteiger partial charge in [0.2, 0.25) is 0 Å². The molecule has 106 valence electrons. The minimum absolute atomic E-state index is 0.0336. The maximum absolute atomic E-state index is 12.0. The highest BCUT2D eigenvalue weighted by Gasteiger charge is 2.16. The maximum atomic E-state index is 12.0. The second kappa shape index (κ2) is 6.68. The van der Waals surface area contributed by atoms with E-state index in [0.29, 0.717) is 19.1 Å². The Morgan fingerprint density at radius 1 is 1.63 bits per heavy atom. The lowest BCUT2D eigenvalue weighted by Crippen LogP contribution is -2.29. The van der Waals surface area contributed by atoms with E-state index in [4.69, 9.17) is 4.74 Å². The van der Waals surface area contributed by atoms with Gasteiger partial charge in [-0.1, -0.05) is 0 Å². The van der Waals surface area contributed by atoms with E-state index in [0.717, 1.165) is 31.7 Å². The van der Waals surface area contributed by atoms with Crippen molar-refractivity contribution in [1.29, 1.82) is 0 Å². The Kier molecular flexibility index (Phi) is 4.93. The van der Waals surface area contributed by atoms with Gasteiger partial charge in [0.25, 0.3) is 5.56 Å². The van der Waals surface area contributed by atoms with E-state index in [1.54, 1.807) is 24.1 Å². The van der Waals surface area contributed by atoms with Gasteiger partial charge < -0.3 is 15.0 Å². The fourth-order valence-corrected chi connectivity index (χ4v) is 2.24. The smallest absolute Gasteiger partial charge is 0.268 e. The average molecular weight is 266 g/mol. The molecule has 0 amide bonds. The Morgan fingerprint density at radius 2 is 2.47 bits per heavy atom. The summed E-state index contributed by atoms with van der Waals surface area (Å²) < 4.78 is 6.59. The number of likely N-dealkylation sites (N-methyl/N-ethyl adjacent to an activating group) is 1. The van der Waals surface area contributed by atoms with Gasteiger partial charge in [0.05, 0.1) is 18.5 Å². The van der Waals surface area contributed by atoms with Crippen LogP contribution in [-0.2, 0) is 11.3 Å². The molecule has 0 aliphatic carbocycles. The molecule has 6 nitrogen and oxygen atoms in total. The molecule has 2 rings (SSSR count). The van der Waals surface area contributed by atoms with Gasteiger partial charge in [0, 0.05) is 33.3 Å². The highest BCUT2D eigenvalue weighted by molar-refractivity contribution is 5.41. The second-order valence-corrected chi connectivity index (χ2v) is 5.01. The predicted molar refractivity (Wildman–Crippen MR) is 74.6 cm³/mol. The van der Waals surface area contributed by atoms with E-state index in [9.17, 15) is 4.79 Å². The monoisotopic (exact) mass is 266 g/mol. The van der Waals surface area contributed by atoms with Crippen LogP contribution in [0.15, 0.2) is 17.1 Å². The van der Waals surface area contributed by atoms with Crippen LogP contribution in [0.3, 0.4) is 0 Å². The summed E-state index contributed by atoms with van der Waals surface area (Å²) in [6.07, 6.45) is 2.86. The molecule has 6 heteroatoms. The molecular formula is C13H22N4O2. The molecule has 1 aliphatic heterocycles. The van der Waals surface area contributed by atoms with Gasteiger partial charge in [-0.25, -0.2) is 4.68 Å². The first-order valence-corrected chi connectivity index (χ1v) is 6.68. The molecule has 1 aromatic rings. The second-order valence-electron chi connectivity index (χ2n) is 5.01. The Bertz CT molecular complexity index is 454. The number of methoxy groups -OCH3 is 1. The summed E-state index contributed by atoms with van der Waals surface area (Å²) in [4.78, 5) is 14.0. The Balaban J connectivity index is 2.01. The first-order valence-electron chi connectivity index (χ1n) is 6.68. The first kappa shape index (κ1) is 14.0. The Hall–Kier alpha value is -1.40. The van der Waals surface area contributed by atoms with Crippen LogP contribution in [0.2, 0.25) is 0 Å². The maximum Gasteiger partial charge on any atom is 0.268 e. The normalized spacial score (nSPS) is 18.7. The van der Waals surface area contributed by atoms with Crippen molar-refractivity contribution >= 4 is 5.69 Å². The van der Waals surface area contributed by atoms with Crippen LogP contribution in [0.5, 0.6) is 0 Å². The molecule has 0 bridgehead atoms. The fraction of sp³-hybridized carbons (Fsp3) is 0.692. The summed E-state index contributed by atoms with van der Waals surface area (Å²) in [5.74, 6) is 0.516. The molecule has 2 heterocycles. The standard InChI is InChI=1S/C13H22N4O2/c1-16(5-6-19-2)12-7-13(18)17(15-9-12)10-11-3-4-14-8-11/h7,9,11,14H,3-6,8,10H2,1-2H3. The third-order valence-electron chi connectivity index (χ3n) is 3.52. The van der Waals surface area contributed by atoms with E-state index in [1.807, 2.05) is 11.9 Å². The van der Waals surface area contributed by atoms with E-state index in [1.165, 1.54) is 0 Å². The van der Waals surface area contributed by atoms with E-state index in [2.05, 4.69) is 10.4 Å². The van der Waals surface area contributed by atoms with Gasteiger partial charge in [-0.15, -0.1) is 0 Å². The minimum Gasteiger partial charge on any atom is -0.383 e. The quantitative estimate of drug-likeness (QED) is 0.781. The van der Waals surface area contributed by atoms with Crippen molar-refractivity contribution < 1.29 is 4.74 Å². The molecule has 0 aromatic carbocycles. The zero-order chi connectivity index (χ0) is 13.7. The van der Waals surface area contributed by atoms with Crippen molar-refractivity contribution in [3.05, 3.63) is 22.6 Å². The summed E-state index contributed by atoms with van der Waals surface area (Å²) >= 11 is 0. The molecule has 1 aliphatic rings. The van der Waals surface area contributed by atoms with Gasteiger partial charge >= 0.3 is 0 Å². The lowest BCUT2D eigenvalue weighted by atomic mass is 10.1. The number of anilines is 1. The van der Waals surface area contributed by atoms with Crippen molar-refractivity contribution in [3.63, 3.8) is 0 Å². The molecule has 1 aromatic heterocycles. The topological polar surface area (TPSA) is 59.4 Å². The lowest BCUT2D eigenvalue weighted by Gasteiger charge is -2.18. The van der Waals surface area contributed by atoms with Crippen LogP contribution in [0, 0.1) is 5.92 Å². The van der Waals surface area contributed by atoms with Gasteiger partial charge in [-0.2, -0.15) is 5.10 Å². The van der Waals surface area contributed by atoms with Gasteiger partial charge in [0.15, 0.2) is 0 Å². The molecule has 1 fully saturated rings. The van der Waals surface area contributed by atoms with Gasteiger partial charge in [-0.3, -0.25) is 4.79 Å². The summed E-state index contributed by atoms with van der Waals surface area (Å²) in [5, 5.41) is 7.56. The molecule has 1 atom stereocenters. The number of nitrogens with zero attached hydrogens (tertiary/aromatic N) is 3. The number of rotatable bonds is 6. The number of aromatic nitrogens is 2. The van der Waals surface area contributed by atoms with Crippen molar-refractivity contribution in [3.8, 4) is 0 Å². The molecule has 1 unspecified atom stereocenters. The van der Waals surface area contributed by atoms with Gasteiger partial charge in [0.1, 0.15) is 0 Å². The van der Waals surface area contributed by atoms with Crippen LogP contribution < -0.4 is 15.8 Å². The van der Waals surface area contributed by atoms with Crippen molar-refractivity contribution in [2.24, 2.45) is 5.92 Å². The van der Waals surface area contributed by atoms with E-state index in [-0.39, 0.29) is 5.56 Å². The molecule has 0 spiro atoms. The summed E-state index contributed by atoms with van der Waals surface area (Å²) in [6, 6.07) is 1.64. The van der Waals surface area contributed by atoms with Crippen LogP contribution in [-0.4, -0.2) is 50.2 Å². The number of ether oxygens (including phenoxy) is 1. The van der Waals surface area contributed by atoms with Crippen LogP contribution in [0.25, 0.3) is 0 Å². The zero-order valence-electron chi connectivity index (χ0n) is 11.6. The summed E-state index contributed by atoms with van der Waals surface area (Å²) in [5.41, 5.74) is 0.802. The lowest BCUT2D eigenvalue weighted by molar-refractivity contribution is 0.206. The molecule has 19 heavy (non-hydrogen) atoms. The van der Waals surface area contributed by atoms with Crippen LogP contribution in [0.1, 0.15) is 6.42 Å². The van der Waals surface area contributed by atoms with Crippen LogP contribution in [0.4, 0.5) is 5.69 Å². The number of nitrogens with one attached hydrogen (secondary N) is 1. The van der Waals surface area contributed by atoms with Gasteiger partial charge in [-0.05, 0) is 25.4 Å². The Labute approximate surface area is 113 Å². The van der Waals surface area contributed by atoms with Crippen molar-refractivity contribution in [1.82, 2.24) is 15.1 Å². The average Bonchev–Trinajstić information content (AvgIpc) is 2.91. The van der Waals surface area contributed by atoms with Crippen LogP contribution >= 0.6 is 0 Å². The zero-order valence-corrected chi connectivity index (χ0v) is 11.6. The predicted octanol–water partition coefficient (Wildman–Crippen LogP) is -0.0646. The molecule has 1 saturated heterocycles. The number of hydrogen-bond donors (Lipinski definition) is 1. The molecule has 0 saturated carbocycles.